The molecule has 20 heavy (non-hydrogen) atoms. The molecule has 0 fully saturated rings. The third kappa shape index (κ3) is 5.57. The minimum absolute atomic E-state index is 0.862. The van der Waals surface area contributed by atoms with Crippen LogP contribution in [0.1, 0.15) is 44.5 Å². The first kappa shape index (κ1) is 17.1. The minimum atomic E-state index is 0.862. The van der Waals surface area contributed by atoms with Gasteiger partial charge in [0.15, 0.2) is 0 Å². The Labute approximate surface area is 127 Å². The van der Waals surface area contributed by atoms with Crippen molar-refractivity contribution in [1.82, 2.24) is 9.97 Å². The van der Waals surface area contributed by atoms with Crippen LogP contribution in [0.25, 0.3) is 0 Å². The summed E-state index contributed by atoms with van der Waals surface area (Å²) < 4.78 is 0. The maximum Gasteiger partial charge on any atom is 0.134 e. The van der Waals surface area contributed by atoms with Crippen LogP contribution in [-0.2, 0) is 6.42 Å². The summed E-state index contributed by atoms with van der Waals surface area (Å²) in [6, 6.07) is 0. The van der Waals surface area contributed by atoms with E-state index in [2.05, 4.69) is 47.6 Å². The molecular weight excluding hydrogens is 268 g/mol. The molecule has 0 atom stereocenters. The van der Waals surface area contributed by atoms with Crippen LogP contribution in [-0.4, -0.2) is 35.1 Å². The fourth-order valence-corrected chi connectivity index (χ4v) is 2.48. The summed E-state index contributed by atoms with van der Waals surface area (Å²) in [4.78, 5) is 9.15. The fraction of sp³-hybridized carbons (Fsp3) is 0.733. The molecule has 0 unspecified atom stereocenters. The van der Waals surface area contributed by atoms with Crippen LogP contribution in [0, 0.1) is 6.92 Å². The molecule has 0 bridgehead atoms. The monoisotopic (exact) mass is 296 g/mol. The molecule has 1 rings (SSSR count). The molecule has 0 aliphatic rings. The van der Waals surface area contributed by atoms with Crippen molar-refractivity contribution in [1.29, 1.82) is 0 Å². The van der Waals surface area contributed by atoms with Crippen molar-refractivity contribution in [3.05, 3.63) is 11.4 Å². The van der Waals surface area contributed by atoms with Crippen LogP contribution in [0.5, 0.6) is 0 Å². The van der Waals surface area contributed by atoms with Crippen molar-refractivity contribution in [3.63, 3.8) is 0 Å². The number of hydrogen-bond acceptors (Lipinski definition) is 5. The number of thioether (sulfide) groups is 1. The number of rotatable bonds is 10. The van der Waals surface area contributed by atoms with Crippen LogP contribution in [0.2, 0.25) is 0 Å². The van der Waals surface area contributed by atoms with E-state index in [4.69, 9.17) is 0 Å². The molecule has 0 aliphatic carbocycles. The van der Waals surface area contributed by atoms with Gasteiger partial charge in [-0.2, -0.15) is 11.8 Å². The highest BCUT2D eigenvalue weighted by Gasteiger charge is 2.09. The average Bonchev–Trinajstić information content (AvgIpc) is 2.46. The van der Waals surface area contributed by atoms with Crippen LogP contribution in [0.3, 0.4) is 0 Å². The van der Waals surface area contributed by atoms with E-state index in [1.807, 2.05) is 11.8 Å². The van der Waals surface area contributed by atoms with Gasteiger partial charge < -0.3 is 10.6 Å². The van der Waals surface area contributed by atoms with E-state index >= 15 is 0 Å². The molecule has 1 aromatic rings. The summed E-state index contributed by atoms with van der Waals surface area (Å²) in [5.41, 5.74) is 1.12. The SMILES string of the molecule is CCNc1nc(CC)nc(NCCCCCSC)c1C. The third-order valence-electron chi connectivity index (χ3n) is 3.17. The molecule has 1 aromatic heterocycles. The molecule has 5 heteroatoms. The summed E-state index contributed by atoms with van der Waals surface area (Å²) in [7, 11) is 0. The van der Waals surface area contributed by atoms with Gasteiger partial charge >= 0.3 is 0 Å². The van der Waals surface area contributed by atoms with E-state index in [0.29, 0.717) is 0 Å². The van der Waals surface area contributed by atoms with Gasteiger partial charge in [-0.15, -0.1) is 0 Å². The second-order valence-electron chi connectivity index (χ2n) is 4.83. The Hall–Kier alpha value is -0.970. The van der Waals surface area contributed by atoms with Gasteiger partial charge in [0.25, 0.3) is 0 Å². The molecule has 4 nitrogen and oxygen atoms in total. The summed E-state index contributed by atoms with van der Waals surface area (Å²) in [5, 5.41) is 6.78. The normalized spacial score (nSPS) is 10.6. The molecule has 114 valence electrons. The zero-order valence-corrected chi connectivity index (χ0v) is 14.1. The molecule has 1 heterocycles. The molecule has 0 aliphatic heterocycles. The van der Waals surface area contributed by atoms with Crippen molar-refractivity contribution >= 4 is 23.4 Å². The highest BCUT2D eigenvalue weighted by atomic mass is 32.2. The van der Waals surface area contributed by atoms with Gasteiger partial charge in [0, 0.05) is 25.1 Å². The van der Waals surface area contributed by atoms with Crippen LogP contribution in [0.15, 0.2) is 0 Å². The molecule has 0 saturated heterocycles. The van der Waals surface area contributed by atoms with E-state index in [1.54, 1.807) is 0 Å². The highest BCUT2D eigenvalue weighted by molar-refractivity contribution is 7.98. The standard InChI is InChI=1S/C15H28N4S/c1-5-13-18-14(16-6-2)12(3)15(19-13)17-10-8-7-9-11-20-4/h5-11H2,1-4H3,(H2,16,17,18,19). The maximum absolute atomic E-state index is 4.60. The lowest BCUT2D eigenvalue weighted by molar-refractivity contribution is 0.746. The first-order chi connectivity index (χ1) is 9.72. The van der Waals surface area contributed by atoms with Crippen molar-refractivity contribution in [2.75, 3.05) is 35.7 Å². The van der Waals surface area contributed by atoms with Gasteiger partial charge in [0.05, 0.1) is 0 Å². The molecule has 0 spiro atoms. The lowest BCUT2D eigenvalue weighted by Gasteiger charge is -2.14. The molecule has 0 radical (unpaired) electrons. The van der Waals surface area contributed by atoms with Crippen molar-refractivity contribution in [3.8, 4) is 0 Å². The predicted octanol–water partition coefficient (Wildman–Crippen LogP) is 3.72. The lowest BCUT2D eigenvalue weighted by atomic mass is 10.2. The van der Waals surface area contributed by atoms with E-state index in [0.717, 1.165) is 42.5 Å². The Morgan fingerprint density at radius 3 is 2.30 bits per heavy atom. The van der Waals surface area contributed by atoms with Gasteiger partial charge in [-0.25, -0.2) is 9.97 Å². The van der Waals surface area contributed by atoms with Crippen molar-refractivity contribution < 1.29 is 0 Å². The van der Waals surface area contributed by atoms with Crippen molar-refractivity contribution in [2.45, 2.75) is 46.5 Å². The van der Waals surface area contributed by atoms with Crippen LogP contribution < -0.4 is 10.6 Å². The Balaban J connectivity index is 2.57. The molecule has 0 amide bonds. The van der Waals surface area contributed by atoms with Gasteiger partial charge in [-0.05, 0) is 38.7 Å². The van der Waals surface area contributed by atoms with E-state index in [1.165, 1.54) is 25.0 Å². The maximum atomic E-state index is 4.60. The molecule has 2 N–H and O–H groups in total. The van der Waals surface area contributed by atoms with E-state index in [-0.39, 0.29) is 0 Å². The number of nitrogens with zero attached hydrogens (tertiary/aromatic N) is 2. The number of anilines is 2. The summed E-state index contributed by atoms with van der Waals surface area (Å²) in [6.07, 6.45) is 6.80. The van der Waals surface area contributed by atoms with Crippen LogP contribution >= 0.6 is 11.8 Å². The summed E-state index contributed by atoms with van der Waals surface area (Å²) >= 11 is 1.92. The topological polar surface area (TPSA) is 49.8 Å². The Bertz CT molecular complexity index is 396. The summed E-state index contributed by atoms with van der Waals surface area (Å²) in [5.74, 6) is 4.11. The molecular formula is C15H28N4S. The van der Waals surface area contributed by atoms with E-state index < -0.39 is 0 Å². The van der Waals surface area contributed by atoms with Gasteiger partial charge in [0.2, 0.25) is 0 Å². The zero-order valence-electron chi connectivity index (χ0n) is 13.3. The second-order valence-corrected chi connectivity index (χ2v) is 5.81. The number of aromatic nitrogens is 2. The highest BCUT2D eigenvalue weighted by Crippen LogP contribution is 2.20. The fourth-order valence-electron chi connectivity index (χ4n) is 1.99. The Morgan fingerprint density at radius 1 is 1.00 bits per heavy atom. The predicted molar refractivity (Wildman–Crippen MR) is 91.0 cm³/mol. The first-order valence-electron chi connectivity index (χ1n) is 7.57. The Kier molecular flexibility index (Phi) is 8.42. The van der Waals surface area contributed by atoms with Gasteiger partial charge in [-0.3, -0.25) is 0 Å². The molecule has 0 aromatic carbocycles. The zero-order chi connectivity index (χ0) is 14.8. The van der Waals surface area contributed by atoms with Gasteiger partial charge in [-0.1, -0.05) is 13.3 Å². The third-order valence-corrected chi connectivity index (χ3v) is 3.87. The number of aryl methyl sites for hydroxylation is 1. The van der Waals surface area contributed by atoms with Gasteiger partial charge in [0.1, 0.15) is 17.5 Å². The number of nitrogens with one attached hydrogen (secondary N) is 2. The Morgan fingerprint density at radius 2 is 1.70 bits per heavy atom. The lowest BCUT2D eigenvalue weighted by Crippen LogP contribution is -2.11. The summed E-state index contributed by atoms with van der Waals surface area (Å²) in [6.45, 7) is 8.13. The largest absolute Gasteiger partial charge is 0.370 e. The first-order valence-corrected chi connectivity index (χ1v) is 8.96. The number of hydrogen-bond donors (Lipinski definition) is 2. The van der Waals surface area contributed by atoms with E-state index in [9.17, 15) is 0 Å². The van der Waals surface area contributed by atoms with Crippen LogP contribution in [0.4, 0.5) is 11.6 Å². The van der Waals surface area contributed by atoms with Crippen molar-refractivity contribution in [2.24, 2.45) is 0 Å². The average molecular weight is 296 g/mol. The minimum Gasteiger partial charge on any atom is -0.370 e. The smallest absolute Gasteiger partial charge is 0.134 e. The molecule has 0 saturated carbocycles. The quantitative estimate of drug-likeness (QED) is 0.644. The second kappa shape index (κ2) is 9.86. The number of unbranched alkanes of at least 4 members (excludes halogenated alkanes) is 2.